The summed E-state index contributed by atoms with van der Waals surface area (Å²) in [6.45, 7) is 13.4. The zero-order valence-electron chi connectivity index (χ0n) is 29.1. The monoisotopic (exact) mass is 834 g/mol. The maximum atomic E-state index is 6.53. The SMILES string of the molecule is CC(C)(C)c1ccnc(-n2c3[c-]c(Oc4[c-]c(-n5[cH+]n(-c6ccccc6)c6ccccc65)ccc4)ccc3c3ccc(C(C)(C)C)cc32)c1.[Pt]. The number of aromatic nitrogens is 4. The van der Waals surface area contributed by atoms with E-state index in [-0.39, 0.29) is 31.9 Å². The summed E-state index contributed by atoms with van der Waals surface area (Å²) in [5.74, 6) is 2.10. The summed E-state index contributed by atoms with van der Waals surface area (Å²) in [5, 5.41) is 2.27. The zero-order chi connectivity index (χ0) is 33.9. The number of rotatable bonds is 5. The fourth-order valence-electron chi connectivity index (χ4n) is 6.55. The summed E-state index contributed by atoms with van der Waals surface area (Å²) >= 11 is 0. The van der Waals surface area contributed by atoms with Gasteiger partial charge in [0.2, 0.25) is 0 Å². The third-order valence-electron chi connectivity index (χ3n) is 9.26. The molecule has 3 aromatic heterocycles. The smallest absolute Gasteiger partial charge is 0.168 e. The first-order chi connectivity index (χ1) is 23.5. The van der Waals surface area contributed by atoms with Gasteiger partial charge in [-0.1, -0.05) is 95.6 Å². The van der Waals surface area contributed by atoms with Gasteiger partial charge in [-0.05, 0) is 57.7 Å². The van der Waals surface area contributed by atoms with Gasteiger partial charge in [0.15, 0.2) is 17.4 Å². The van der Waals surface area contributed by atoms with Crippen molar-refractivity contribution in [3.8, 4) is 28.7 Å². The average molecular weight is 835 g/mol. The van der Waals surface area contributed by atoms with Crippen LogP contribution in [-0.4, -0.2) is 18.7 Å². The van der Waals surface area contributed by atoms with E-state index in [4.69, 9.17) is 9.72 Å². The first kappa shape index (κ1) is 33.5. The molecule has 3 heterocycles. The third kappa shape index (κ3) is 6.05. The molecule has 0 fully saturated rings. The second-order valence-corrected chi connectivity index (χ2v) is 14.7. The van der Waals surface area contributed by atoms with E-state index < -0.39 is 0 Å². The van der Waals surface area contributed by atoms with Crippen LogP contribution in [0.5, 0.6) is 11.5 Å². The van der Waals surface area contributed by atoms with Crippen molar-refractivity contribution in [1.82, 2.24) is 18.7 Å². The number of benzene rings is 5. The minimum atomic E-state index is -0.0166. The van der Waals surface area contributed by atoms with Crippen molar-refractivity contribution in [3.05, 3.63) is 151 Å². The van der Waals surface area contributed by atoms with E-state index in [9.17, 15) is 0 Å². The quantitative estimate of drug-likeness (QED) is 0.162. The summed E-state index contributed by atoms with van der Waals surface area (Å²) in [6, 6.07) is 47.2. The Bertz CT molecular complexity index is 2500. The molecule has 0 aliphatic rings. The van der Waals surface area contributed by atoms with Gasteiger partial charge in [0.05, 0.1) is 0 Å². The molecule has 6 heteroatoms. The van der Waals surface area contributed by atoms with Gasteiger partial charge in [-0.3, -0.25) is 0 Å². The van der Waals surface area contributed by atoms with Gasteiger partial charge >= 0.3 is 0 Å². The Kier molecular flexibility index (Phi) is 8.52. The molecule has 0 atom stereocenters. The van der Waals surface area contributed by atoms with E-state index in [1.54, 1.807) is 0 Å². The predicted octanol–water partition coefficient (Wildman–Crippen LogP) is 11.2. The molecule has 0 saturated carbocycles. The Morgan fingerprint density at radius 1 is 0.600 bits per heavy atom. The van der Waals surface area contributed by atoms with Crippen molar-refractivity contribution in [2.45, 2.75) is 52.4 Å². The van der Waals surface area contributed by atoms with E-state index in [0.29, 0.717) is 11.5 Å². The Labute approximate surface area is 308 Å². The van der Waals surface area contributed by atoms with Crippen LogP contribution in [-0.2, 0) is 31.9 Å². The Balaban J connectivity index is 0.00000392. The van der Waals surface area contributed by atoms with Gasteiger partial charge in [0.25, 0.3) is 0 Å². The van der Waals surface area contributed by atoms with Crippen LogP contribution in [0.15, 0.2) is 128 Å². The molecule has 0 spiro atoms. The maximum Gasteiger partial charge on any atom is 0.168 e. The molecule has 5 nitrogen and oxygen atoms in total. The summed E-state index contributed by atoms with van der Waals surface area (Å²) in [7, 11) is 0. The predicted molar refractivity (Wildman–Crippen MR) is 201 cm³/mol. The standard InChI is InChI=1S/C44H39N4O.Pt/c1-43(2,3)30-19-21-36-37-22-20-35(28-41(37)48(40(36)25-30)42-26-31(23-24-45-42)44(4,5)6)49-34-16-12-15-33(27-34)47-29-46(32-13-8-7-9-14-32)38-17-10-11-18-39(38)47;/h7-26,29H,1-6H3;/q-1;. The summed E-state index contributed by atoms with van der Waals surface area (Å²) in [5.41, 5.74) is 8.68. The van der Waals surface area contributed by atoms with Crippen LogP contribution in [0.1, 0.15) is 52.7 Å². The fraction of sp³-hybridized carbons (Fsp3) is 0.182. The molecular weight excluding hydrogens is 796 g/mol. The van der Waals surface area contributed by atoms with Crippen molar-refractivity contribution in [3.63, 3.8) is 0 Å². The molecule has 0 unspecified atom stereocenters. The topological polar surface area (TPSA) is 36.9 Å². The third-order valence-corrected chi connectivity index (χ3v) is 9.26. The normalized spacial score (nSPS) is 12.0. The van der Waals surface area contributed by atoms with Gasteiger partial charge in [-0.25, -0.2) is 9.55 Å². The van der Waals surface area contributed by atoms with Crippen LogP contribution in [0.4, 0.5) is 0 Å². The van der Waals surface area contributed by atoms with Crippen molar-refractivity contribution >= 4 is 32.8 Å². The number of hydrogen-bond donors (Lipinski definition) is 0. The molecule has 252 valence electrons. The molecule has 50 heavy (non-hydrogen) atoms. The molecule has 0 aliphatic heterocycles. The van der Waals surface area contributed by atoms with Crippen LogP contribution in [0.25, 0.3) is 50.0 Å². The number of fused-ring (bicyclic) bond motifs is 4. The van der Waals surface area contributed by atoms with Crippen molar-refractivity contribution in [2.75, 3.05) is 0 Å². The summed E-state index contributed by atoms with van der Waals surface area (Å²) in [4.78, 5) is 4.89. The van der Waals surface area contributed by atoms with Crippen LogP contribution in [0, 0.1) is 12.1 Å². The Hall–Kier alpha value is -4.99. The molecule has 0 saturated heterocycles. The number of pyridine rings is 1. The second-order valence-electron chi connectivity index (χ2n) is 14.7. The van der Waals surface area contributed by atoms with Gasteiger partial charge < -0.3 is 9.30 Å². The molecule has 8 aromatic rings. The van der Waals surface area contributed by atoms with Gasteiger partial charge in [0, 0.05) is 62.1 Å². The van der Waals surface area contributed by atoms with Crippen LogP contribution < -0.4 is 4.74 Å². The minimum Gasteiger partial charge on any atom is -0.508 e. The van der Waals surface area contributed by atoms with Crippen molar-refractivity contribution in [2.24, 2.45) is 0 Å². The van der Waals surface area contributed by atoms with Crippen molar-refractivity contribution < 1.29 is 25.8 Å². The molecule has 0 amide bonds. The molecule has 0 radical (unpaired) electrons. The number of imidazole rings is 1. The summed E-state index contributed by atoms with van der Waals surface area (Å²) in [6.07, 6.45) is 4.02. The number of para-hydroxylation sites is 3. The van der Waals surface area contributed by atoms with E-state index in [1.165, 1.54) is 11.1 Å². The minimum absolute atomic E-state index is 0. The Morgan fingerprint density at radius 3 is 2.00 bits per heavy atom. The largest absolute Gasteiger partial charge is 0.508 e. The first-order valence-electron chi connectivity index (χ1n) is 16.8. The number of ether oxygens (including phenoxy) is 1. The fourth-order valence-corrected chi connectivity index (χ4v) is 6.55. The molecule has 0 N–H and O–H groups in total. The van der Waals surface area contributed by atoms with Crippen LogP contribution in [0.3, 0.4) is 0 Å². The molecule has 0 bridgehead atoms. The molecule has 5 aromatic carbocycles. The van der Waals surface area contributed by atoms with E-state index in [1.807, 2.05) is 30.5 Å². The van der Waals surface area contributed by atoms with Crippen molar-refractivity contribution in [1.29, 1.82) is 0 Å². The molecule has 8 rings (SSSR count). The summed E-state index contributed by atoms with van der Waals surface area (Å²) < 4.78 is 13.1. The van der Waals surface area contributed by atoms with Gasteiger partial charge in [-0.2, -0.15) is 16.7 Å². The average Bonchev–Trinajstić information content (AvgIpc) is 3.64. The molecular formula is C44H39N4OPt-. The first-order valence-corrected chi connectivity index (χ1v) is 16.8. The maximum absolute atomic E-state index is 6.53. The van der Waals surface area contributed by atoms with Gasteiger partial charge in [0.1, 0.15) is 11.5 Å². The number of nitrogens with zero attached hydrogens (tertiary/aromatic N) is 4. The van der Waals surface area contributed by atoms with E-state index >= 15 is 0 Å². The van der Waals surface area contributed by atoms with E-state index in [2.05, 4.69) is 165 Å². The zero-order valence-corrected chi connectivity index (χ0v) is 31.4. The van der Waals surface area contributed by atoms with Gasteiger partial charge in [-0.15, -0.1) is 29.7 Å². The second kappa shape index (κ2) is 12.7. The van der Waals surface area contributed by atoms with E-state index in [0.717, 1.165) is 50.0 Å². The van der Waals surface area contributed by atoms with Crippen LogP contribution >= 0.6 is 0 Å². The Morgan fingerprint density at radius 2 is 1.26 bits per heavy atom. The molecule has 0 aliphatic carbocycles. The van der Waals surface area contributed by atoms with Crippen LogP contribution in [0.2, 0.25) is 0 Å². The number of hydrogen-bond acceptors (Lipinski definition) is 2.